The maximum absolute atomic E-state index is 13.8. The number of ether oxygens (including phenoxy) is 3. The molecular weight excluding hydrogens is 522 g/mol. The fraction of sp³-hybridized carbons (Fsp3) is 0.379. The Morgan fingerprint density at radius 2 is 1.78 bits per heavy atom. The van der Waals surface area contributed by atoms with Crippen molar-refractivity contribution in [2.24, 2.45) is 0 Å². The topological polar surface area (TPSA) is 73.9 Å². The van der Waals surface area contributed by atoms with Crippen LogP contribution in [0.15, 0.2) is 69.5 Å². The first kappa shape index (κ1) is 26.0. The molecule has 2 aromatic carbocycles. The smallest absolute Gasteiger partial charge is 0.337 e. The van der Waals surface area contributed by atoms with E-state index in [2.05, 4.69) is 33.4 Å². The molecular formula is C29H32BrNO5. The summed E-state index contributed by atoms with van der Waals surface area (Å²) in [7, 11) is 3.14. The van der Waals surface area contributed by atoms with Gasteiger partial charge in [0.15, 0.2) is 17.3 Å². The molecule has 4 rings (SSSR count). The van der Waals surface area contributed by atoms with E-state index in [1.165, 1.54) is 0 Å². The highest BCUT2D eigenvalue weighted by atomic mass is 79.9. The van der Waals surface area contributed by atoms with Gasteiger partial charge in [0.25, 0.3) is 0 Å². The number of hydrogen-bond donors (Lipinski definition) is 1. The summed E-state index contributed by atoms with van der Waals surface area (Å²) in [6.45, 7) is 5.71. The third-order valence-corrected chi connectivity index (χ3v) is 7.70. The lowest BCUT2D eigenvalue weighted by atomic mass is 9.71. The number of allylic oxidation sites excluding steroid dienone is 3. The highest BCUT2D eigenvalue weighted by molar-refractivity contribution is 9.10. The SMILES string of the molecule is CC[C@@H](C)OC(=O)C1=C(C)NC2=C(C(=O)C[C@@H](c3ccccc3)C2)[C@@H]1c1cc(OC)c(OC)cc1Br. The van der Waals surface area contributed by atoms with E-state index < -0.39 is 11.9 Å². The van der Waals surface area contributed by atoms with Crippen molar-refractivity contribution in [3.63, 3.8) is 0 Å². The monoisotopic (exact) mass is 553 g/mol. The maximum atomic E-state index is 13.8. The first-order valence-electron chi connectivity index (χ1n) is 12.2. The van der Waals surface area contributed by atoms with Crippen LogP contribution < -0.4 is 14.8 Å². The number of Topliss-reactive ketones (excluding diaryl/α,β-unsaturated/α-hetero) is 1. The van der Waals surface area contributed by atoms with Crippen LogP contribution in [0.25, 0.3) is 0 Å². The van der Waals surface area contributed by atoms with Crippen LogP contribution in [0.5, 0.6) is 11.5 Å². The Bertz CT molecular complexity index is 1230. The second-order valence-electron chi connectivity index (χ2n) is 9.28. The van der Waals surface area contributed by atoms with Crippen molar-refractivity contribution >= 4 is 27.7 Å². The minimum Gasteiger partial charge on any atom is -0.493 e. The second kappa shape index (κ2) is 10.9. The quantitative estimate of drug-likeness (QED) is 0.413. The molecule has 1 aliphatic heterocycles. The number of rotatable bonds is 7. The first-order chi connectivity index (χ1) is 17.3. The van der Waals surface area contributed by atoms with Crippen molar-refractivity contribution < 1.29 is 23.8 Å². The van der Waals surface area contributed by atoms with Gasteiger partial charge in [-0.05, 0) is 55.9 Å². The number of carbonyl (C=O) groups is 2. The highest BCUT2D eigenvalue weighted by Crippen LogP contribution is 2.49. The Morgan fingerprint density at radius 3 is 2.42 bits per heavy atom. The molecule has 7 heteroatoms. The summed E-state index contributed by atoms with van der Waals surface area (Å²) in [5, 5.41) is 3.41. The molecule has 1 N–H and O–H groups in total. The van der Waals surface area contributed by atoms with E-state index in [1.807, 2.05) is 51.1 Å². The average Bonchev–Trinajstić information content (AvgIpc) is 2.87. The van der Waals surface area contributed by atoms with E-state index in [0.717, 1.165) is 21.3 Å². The Balaban J connectivity index is 1.87. The zero-order chi connectivity index (χ0) is 26.0. The van der Waals surface area contributed by atoms with Gasteiger partial charge in [-0.3, -0.25) is 4.79 Å². The van der Waals surface area contributed by atoms with Crippen LogP contribution in [0, 0.1) is 0 Å². The molecule has 0 bridgehead atoms. The van der Waals surface area contributed by atoms with E-state index in [-0.39, 0.29) is 17.8 Å². The van der Waals surface area contributed by atoms with Crippen molar-refractivity contribution in [1.29, 1.82) is 0 Å². The number of benzene rings is 2. The molecule has 0 radical (unpaired) electrons. The number of hydrogen-bond acceptors (Lipinski definition) is 6. The van der Waals surface area contributed by atoms with Crippen molar-refractivity contribution in [3.8, 4) is 11.5 Å². The summed E-state index contributed by atoms with van der Waals surface area (Å²) in [4.78, 5) is 27.3. The lowest BCUT2D eigenvalue weighted by molar-refractivity contribution is -0.144. The Hall–Kier alpha value is -3.06. The van der Waals surface area contributed by atoms with Crippen LogP contribution in [0.1, 0.15) is 63.0 Å². The predicted molar refractivity (Wildman–Crippen MR) is 142 cm³/mol. The first-order valence-corrected chi connectivity index (χ1v) is 13.0. The lowest BCUT2D eigenvalue weighted by Gasteiger charge is -2.37. The molecule has 2 aromatic rings. The van der Waals surface area contributed by atoms with Crippen LogP contribution in [0.4, 0.5) is 0 Å². The van der Waals surface area contributed by atoms with Crippen molar-refractivity contribution in [2.45, 2.75) is 58.0 Å². The average molecular weight is 554 g/mol. The molecule has 0 fully saturated rings. The van der Waals surface area contributed by atoms with E-state index in [9.17, 15) is 9.59 Å². The standard InChI is InChI=1S/C29H32BrNO5/c1-6-16(2)36-29(33)26-17(3)31-22-12-19(18-10-8-7-9-11-18)13-23(32)28(22)27(26)20-14-24(34-4)25(35-5)15-21(20)30/h7-11,14-16,19,27,31H,6,12-13H2,1-5H3/t16-,19+,27-/m1/s1. The van der Waals surface area contributed by atoms with Crippen LogP contribution in [0.2, 0.25) is 0 Å². The Labute approximate surface area is 220 Å². The van der Waals surface area contributed by atoms with Gasteiger partial charge in [0, 0.05) is 33.8 Å². The molecule has 0 saturated heterocycles. The maximum Gasteiger partial charge on any atom is 0.337 e. The zero-order valence-corrected chi connectivity index (χ0v) is 22.9. The highest BCUT2D eigenvalue weighted by Gasteiger charge is 2.42. The van der Waals surface area contributed by atoms with Gasteiger partial charge in [-0.1, -0.05) is 53.2 Å². The van der Waals surface area contributed by atoms with E-state index in [0.29, 0.717) is 47.6 Å². The molecule has 0 spiro atoms. The second-order valence-corrected chi connectivity index (χ2v) is 10.1. The van der Waals surface area contributed by atoms with E-state index in [4.69, 9.17) is 14.2 Å². The largest absolute Gasteiger partial charge is 0.493 e. The molecule has 0 aromatic heterocycles. The number of dihydropyridines is 1. The molecule has 0 amide bonds. The van der Waals surface area contributed by atoms with Gasteiger partial charge in [-0.2, -0.15) is 0 Å². The van der Waals surface area contributed by atoms with Crippen LogP contribution in [-0.2, 0) is 14.3 Å². The van der Waals surface area contributed by atoms with Gasteiger partial charge >= 0.3 is 5.97 Å². The summed E-state index contributed by atoms with van der Waals surface area (Å²) in [5.41, 5.74) is 4.47. The fourth-order valence-corrected chi connectivity index (χ4v) is 5.55. The van der Waals surface area contributed by atoms with Gasteiger partial charge < -0.3 is 19.5 Å². The van der Waals surface area contributed by atoms with Crippen molar-refractivity contribution in [1.82, 2.24) is 5.32 Å². The number of halogens is 1. The molecule has 0 unspecified atom stereocenters. The molecule has 36 heavy (non-hydrogen) atoms. The predicted octanol–water partition coefficient (Wildman–Crippen LogP) is 6.17. The Kier molecular flexibility index (Phi) is 7.88. The molecule has 2 aliphatic rings. The number of methoxy groups -OCH3 is 2. The number of nitrogens with one attached hydrogen (secondary N) is 1. The molecule has 0 saturated carbocycles. The van der Waals surface area contributed by atoms with Gasteiger partial charge in [-0.25, -0.2) is 4.79 Å². The third-order valence-electron chi connectivity index (χ3n) is 7.02. The minimum absolute atomic E-state index is 0.0191. The van der Waals surface area contributed by atoms with E-state index >= 15 is 0 Å². The number of esters is 1. The fourth-order valence-electron chi connectivity index (χ4n) is 5.00. The van der Waals surface area contributed by atoms with Crippen molar-refractivity contribution in [3.05, 3.63) is 80.6 Å². The number of ketones is 1. The summed E-state index contributed by atoms with van der Waals surface area (Å²) < 4.78 is 17.5. The van der Waals surface area contributed by atoms with Gasteiger partial charge in [0.1, 0.15) is 0 Å². The summed E-state index contributed by atoms with van der Waals surface area (Å²) in [5.74, 6) is 0.141. The number of carbonyl (C=O) groups excluding carboxylic acids is 2. The normalized spacial score (nSPS) is 20.4. The summed E-state index contributed by atoms with van der Waals surface area (Å²) >= 11 is 3.67. The molecule has 3 atom stereocenters. The van der Waals surface area contributed by atoms with Crippen LogP contribution >= 0.6 is 15.9 Å². The van der Waals surface area contributed by atoms with Gasteiger partial charge in [0.2, 0.25) is 0 Å². The van der Waals surface area contributed by atoms with Gasteiger partial charge in [-0.15, -0.1) is 0 Å². The molecule has 1 heterocycles. The van der Waals surface area contributed by atoms with Crippen LogP contribution in [-0.4, -0.2) is 32.1 Å². The molecule has 6 nitrogen and oxygen atoms in total. The Morgan fingerprint density at radius 1 is 1.11 bits per heavy atom. The van der Waals surface area contributed by atoms with Crippen LogP contribution in [0.3, 0.4) is 0 Å². The van der Waals surface area contributed by atoms with Gasteiger partial charge in [0.05, 0.1) is 25.9 Å². The summed E-state index contributed by atoms with van der Waals surface area (Å²) in [6.07, 6.45) is 1.50. The molecule has 190 valence electrons. The van der Waals surface area contributed by atoms with E-state index in [1.54, 1.807) is 14.2 Å². The third kappa shape index (κ3) is 4.94. The minimum atomic E-state index is -0.601. The summed E-state index contributed by atoms with van der Waals surface area (Å²) in [6, 6.07) is 13.7. The zero-order valence-electron chi connectivity index (χ0n) is 21.3. The lowest BCUT2D eigenvalue weighted by Crippen LogP contribution is -2.36. The molecule has 1 aliphatic carbocycles. The van der Waals surface area contributed by atoms with Crippen molar-refractivity contribution in [2.75, 3.05) is 14.2 Å².